The van der Waals surface area contributed by atoms with Crippen LogP contribution in [-0.2, 0) is 13.1 Å². The number of nitrogens with zero attached hydrogens (tertiary/aromatic N) is 3. The molecule has 5 rings (SSSR count). The highest BCUT2D eigenvalue weighted by molar-refractivity contribution is 5.92. The van der Waals surface area contributed by atoms with Gasteiger partial charge in [0.05, 0.1) is 5.52 Å². The van der Waals surface area contributed by atoms with Crippen LogP contribution in [0.3, 0.4) is 0 Å². The molecule has 1 aromatic carbocycles. The number of aromatic nitrogens is 3. The van der Waals surface area contributed by atoms with E-state index >= 15 is 0 Å². The Bertz CT molecular complexity index is 1440. The lowest BCUT2D eigenvalue weighted by Crippen LogP contribution is -2.37. The summed E-state index contributed by atoms with van der Waals surface area (Å²) < 4.78 is 15.9. The molecule has 1 aliphatic carbocycles. The summed E-state index contributed by atoms with van der Waals surface area (Å²) in [5.41, 5.74) is 2.40. The maximum Gasteiger partial charge on any atom is 0.270 e. The Morgan fingerprint density at radius 1 is 1.12 bits per heavy atom. The summed E-state index contributed by atoms with van der Waals surface area (Å²) in [7, 11) is 0. The number of pyridine rings is 2. The molecule has 0 bridgehead atoms. The number of nitrogens with one attached hydrogen (secondary N) is 2. The van der Waals surface area contributed by atoms with E-state index in [4.69, 9.17) is 0 Å². The standard InChI is InChI=1S/C26H26FN5O2/c1-26(8-4-9-26)16-28-15-19-12-18-11-17(6-7-20(18)31-24(19)27)14-29-25(34)21-13-23(33)32-10-3-2-5-22(32)30-21/h2-3,5-7,10-13,28H,4,8-9,14-16H2,1H3,(H,29,34). The molecular weight excluding hydrogens is 433 g/mol. The number of hydrogen-bond donors (Lipinski definition) is 2. The maximum atomic E-state index is 14.5. The van der Waals surface area contributed by atoms with Crippen molar-refractivity contribution < 1.29 is 9.18 Å². The van der Waals surface area contributed by atoms with Gasteiger partial charge in [-0.15, -0.1) is 0 Å². The van der Waals surface area contributed by atoms with Crippen LogP contribution < -0.4 is 16.2 Å². The molecule has 0 radical (unpaired) electrons. The van der Waals surface area contributed by atoms with Crippen LogP contribution in [0, 0.1) is 11.4 Å². The molecule has 174 valence electrons. The van der Waals surface area contributed by atoms with Crippen molar-refractivity contribution in [1.29, 1.82) is 0 Å². The van der Waals surface area contributed by atoms with Gasteiger partial charge in [0.2, 0.25) is 5.95 Å². The van der Waals surface area contributed by atoms with Gasteiger partial charge in [-0.1, -0.05) is 25.5 Å². The van der Waals surface area contributed by atoms with Crippen molar-refractivity contribution in [3.63, 3.8) is 0 Å². The molecule has 0 spiro atoms. The smallest absolute Gasteiger partial charge is 0.270 e. The quantitative estimate of drug-likeness (QED) is 0.413. The lowest BCUT2D eigenvalue weighted by molar-refractivity contribution is 0.0946. The Labute approximate surface area is 196 Å². The van der Waals surface area contributed by atoms with Gasteiger partial charge in [0.15, 0.2) is 0 Å². The molecule has 1 aliphatic rings. The molecular formula is C26H26FN5O2. The highest BCUT2D eigenvalue weighted by Crippen LogP contribution is 2.39. The van der Waals surface area contributed by atoms with Crippen LogP contribution in [0.1, 0.15) is 47.8 Å². The average molecular weight is 460 g/mol. The van der Waals surface area contributed by atoms with E-state index in [9.17, 15) is 14.0 Å². The largest absolute Gasteiger partial charge is 0.347 e. The van der Waals surface area contributed by atoms with Crippen molar-refractivity contribution in [3.05, 3.63) is 87.9 Å². The third-order valence-corrected chi connectivity index (χ3v) is 6.59. The van der Waals surface area contributed by atoms with Crippen LogP contribution in [-0.4, -0.2) is 26.8 Å². The molecule has 4 aromatic rings. The third-order valence-electron chi connectivity index (χ3n) is 6.59. The summed E-state index contributed by atoms with van der Waals surface area (Å²) in [5.74, 6) is -0.899. The van der Waals surface area contributed by atoms with Gasteiger partial charge in [0.25, 0.3) is 11.5 Å². The molecule has 0 aliphatic heterocycles. The minimum Gasteiger partial charge on any atom is -0.347 e. The predicted molar refractivity (Wildman–Crippen MR) is 128 cm³/mol. The van der Waals surface area contributed by atoms with Gasteiger partial charge in [-0.25, -0.2) is 9.97 Å². The fraction of sp³-hybridized carbons (Fsp3) is 0.308. The molecule has 3 aromatic heterocycles. The minimum absolute atomic E-state index is 0.0641. The normalized spacial score (nSPS) is 14.8. The van der Waals surface area contributed by atoms with Crippen LogP contribution in [0.25, 0.3) is 16.6 Å². The van der Waals surface area contributed by atoms with Gasteiger partial charge < -0.3 is 10.6 Å². The molecule has 34 heavy (non-hydrogen) atoms. The number of halogens is 1. The molecule has 2 N–H and O–H groups in total. The minimum atomic E-state index is -0.464. The second-order valence-corrected chi connectivity index (χ2v) is 9.32. The van der Waals surface area contributed by atoms with E-state index in [2.05, 4.69) is 27.5 Å². The lowest BCUT2D eigenvalue weighted by atomic mass is 9.70. The Balaban J connectivity index is 1.28. The van der Waals surface area contributed by atoms with Crippen LogP contribution in [0.2, 0.25) is 0 Å². The summed E-state index contributed by atoms with van der Waals surface area (Å²) in [6.07, 6.45) is 5.28. The van der Waals surface area contributed by atoms with Gasteiger partial charge in [0.1, 0.15) is 11.3 Å². The first-order chi connectivity index (χ1) is 16.4. The van der Waals surface area contributed by atoms with E-state index in [1.807, 2.05) is 12.1 Å². The number of benzene rings is 1. The molecule has 0 unspecified atom stereocenters. The van der Waals surface area contributed by atoms with E-state index < -0.39 is 11.9 Å². The number of hydrogen-bond acceptors (Lipinski definition) is 5. The summed E-state index contributed by atoms with van der Waals surface area (Å²) in [6, 6.07) is 13.6. The lowest BCUT2D eigenvalue weighted by Gasteiger charge is -2.38. The monoisotopic (exact) mass is 459 g/mol. The summed E-state index contributed by atoms with van der Waals surface area (Å²) in [5, 5.41) is 6.98. The third kappa shape index (κ3) is 4.54. The van der Waals surface area contributed by atoms with Crippen molar-refractivity contribution in [1.82, 2.24) is 25.0 Å². The van der Waals surface area contributed by atoms with Crippen LogP contribution >= 0.6 is 0 Å². The number of fused-ring (bicyclic) bond motifs is 2. The highest BCUT2D eigenvalue weighted by Gasteiger charge is 2.31. The van der Waals surface area contributed by atoms with Crippen molar-refractivity contribution in [2.45, 2.75) is 39.3 Å². The first kappa shape index (κ1) is 22.2. The number of amides is 1. The molecule has 8 heteroatoms. The Morgan fingerprint density at radius 2 is 1.97 bits per heavy atom. The van der Waals surface area contributed by atoms with Crippen molar-refractivity contribution in [2.75, 3.05) is 6.54 Å². The highest BCUT2D eigenvalue weighted by atomic mass is 19.1. The van der Waals surface area contributed by atoms with E-state index in [0.29, 0.717) is 28.7 Å². The molecule has 1 amide bonds. The maximum absolute atomic E-state index is 14.5. The van der Waals surface area contributed by atoms with Crippen molar-refractivity contribution >= 4 is 22.5 Å². The van der Waals surface area contributed by atoms with Crippen LogP contribution in [0.5, 0.6) is 0 Å². The van der Waals surface area contributed by atoms with E-state index in [1.165, 1.54) is 29.7 Å². The van der Waals surface area contributed by atoms with Gasteiger partial charge in [-0.3, -0.25) is 14.0 Å². The zero-order valence-corrected chi connectivity index (χ0v) is 19.0. The zero-order valence-electron chi connectivity index (χ0n) is 19.0. The first-order valence-electron chi connectivity index (χ1n) is 11.5. The molecule has 3 heterocycles. The SMILES string of the molecule is CC1(CNCc2cc3cc(CNC(=O)c4cc(=O)n5ccccc5n4)ccc3nc2F)CCC1. The topological polar surface area (TPSA) is 88.4 Å². The summed E-state index contributed by atoms with van der Waals surface area (Å²) in [6.45, 7) is 3.79. The molecule has 0 saturated heterocycles. The average Bonchev–Trinajstić information content (AvgIpc) is 2.81. The van der Waals surface area contributed by atoms with Gasteiger partial charge in [0, 0.05) is 42.8 Å². The Kier molecular flexibility index (Phi) is 5.83. The number of rotatable bonds is 7. The second-order valence-electron chi connectivity index (χ2n) is 9.32. The van der Waals surface area contributed by atoms with Crippen molar-refractivity contribution in [3.8, 4) is 0 Å². The number of carbonyl (C=O) groups is 1. The first-order valence-corrected chi connectivity index (χ1v) is 11.5. The van der Waals surface area contributed by atoms with Gasteiger partial charge in [-0.2, -0.15) is 4.39 Å². The van der Waals surface area contributed by atoms with Crippen LogP contribution in [0.15, 0.2) is 59.5 Å². The molecule has 0 atom stereocenters. The summed E-state index contributed by atoms with van der Waals surface area (Å²) in [4.78, 5) is 33.2. The fourth-order valence-electron chi connectivity index (χ4n) is 4.38. The van der Waals surface area contributed by atoms with E-state index in [0.717, 1.165) is 17.5 Å². The zero-order chi connectivity index (χ0) is 23.7. The Morgan fingerprint density at radius 3 is 2.76 bits per heavy atom. The number of carbonyl (C=O) groups excluding carboxylic acids is 1. The van der Waals surface area contributed by atoms with E-state index in [-0.39, 0.29) is 17.8 Å². The molecule has 1 fully saturated rings. The van der Waals surface area contributed by atoms with Gasteiger partial charge in [-0.05, 0) is 54.2 Å². The predicted octanol–water partition coefficient (Wildman–Crippen LogP) is 3.59. The fourth-order valence-corrected chi connectivity index (χ4v) is 4.38. The van der Waals surface area contributed by atoms with E-state index in [1.54, 1.807) is 36.5 Å². The van der Waals surface area contributed by atoms with Crippen LogP contribution in [0.4, 0.5) is 4.39 Å². The molecule has 7 nitrogen and oxygen atoms in total. The Hall–Kier alpha value is -3.65. The van der Waals surface area contributed by atoms with Gasteiger partial charge >= 0.3 is 0 Å². The van der Waals surface area contributed by atoms with Crippen molar-refractivity contribution in [2.24, 2.45) is 5.41 Å². The second kappa shape index (κ2) is 8.95. The summed E-state index contributed by atoms with van der Waals surface area (Å²) >= 11 is 0. The molecule has 1 saturated carbocycles.